The summed E-state index contributed by atoms with van der Waals surface area (Å²) in [5.74, 6) is -2.66. The topological polar surface area (TPSA) is 77.5 Å². The van der Waals surface area contributed by atoms with E-state index >= 15 is 0 Å². The molecule has 1 fully saturated rings. The highest BCUT2D eigenvalue weighted by Gasteiger charge is 2.45. The molecule has 1 saturated heterocycles. The van der Waals surface area contributed by atoms with Crippen LogP contribution in [-0.4, -0.2) is 27.8 Å². The van der Waals surface area contributed by atoms with E-state index in [9.17, 15) is 19.5 Å². The van der Waals surface area contributed by atoms with E-state index in [1.165, 1.54) is 16.7 Å². The summed E-state index contributed by atoms with van der Waals surface area (Å²) in [6.45, 7) is 1.75. The normalized spacial score (nSPS) is 28.6. The van der Waals surface area contributed by atoms with Gasteiger partial charge in [-0.15, -0.1) is 11.8 Å². The Hall–Kier alpha value is -1.86. The van der Waals surface area contributed by atoms with Gasteiger partial charge in [-0.05, 0) is 31.2 Å². The number of carboxylic acid groups (broad SMARTS) is 1. The molecule has 3 rings (SSSR count). The standard InChI is InChI=1S/C18H16BrNO4S/c1-18(9-3-2-4-13(18)17(23)24)25-14-10-15(21)20(16(14)22)12-7-5-11(19)6-8-12/h2-9,13-14H,10H2,1H3,(H,23,24)/p-1. The van der Waals surface area contributed by atoms with Crippen LogP contribution in [0.3, 0.4) is 0 Å². The first-order chi connectivity index (χ1) is 11.8. The fourth-order valence-electron chi connectivity index (χ4n) is 3.01. The van der Waals surface area contributed by atoms with Crippen LogP contribution in [0, 0.1) is 5.92 Å². The summed E-state index contributed by atoms with van der Waals surface area (Å²) in [7, 11) is 0. The van der Waals surface area contributed by atoms with E-state index in [0.717, 1.165) is 4.47 Å². The molecule has 0 aromatic heterocycles. The second kappa shape index (κ2) is 6.80. The third-order valence-corrected chi connectivity index (χ3v) is 6.38. The minimum atomic E-state index is -1.20. The van der Waals surface area contributed by atoms with Gasteiger partial charge in [0.1, 0.15) is 0 Å². The zero-order valence-corrected chi connectivity index (χ0v) is 15.7. The first-order valence-corrected chi connectivity index (χ1v) is 9.36. The molecule has 25 heavy (non-hydrogen) atoms. The van der Waals surface area contributed by atoms with Gasteiger partial charge in [0.05, 0.1) is 10.9 Å². The number of hydrogen-bond acceptors (Lipinski definition) is 5. The molecule has 1 heterocycles. The zero-order chi connectivity index (χ0) is 18.2. The van der Waals surface area contributed by atoms with Gasteiger partial charge in [-0.3, -0.25) is 9.59 Å². The fraction of sp³-hybridized carbons (Fsp3) is 0.278. The Labute approximate surface area is 157 Å². The average molecular weight is 421 g/mol. The van der Waals surface area contributed by atoms with Crippen molar-refractivity contribution in [2.75, 3.05) is 4.90 Å². The summed E-state index contributed by atoms with van der Waals surface area (Å²) >= 11 is 4.52. The van der Waals surface area contributed by atoms with Crippen molar-refractivity contribution in [3.8, 4) is 0 Å². The second-order valence-electron chi connectivity index (χ2n) is 6.08. The molecule has 0 saturated carbocycles. The zero-order valence-electron chi connectivity index (χ0n) is 13.3. The molecule has 5 nitrogen and oxygen atoms in total. The van der Waals surface area contributed by atoms with Crippen molar-refractivity contribution < 1.29 is 19.5 Å². The van der Waals surface area contributed by atoms with Crippen LogP contribution < -0.4 is 10.0 Å². The second-order valence-corrected chi connectivity index (χ2v) is 8.68. The van der Waals surface area contributed by atoms with Gasteiger partial charge in [0.2, 0.25) is 11.8 Å². The number of halogens is 1. The lowest BCUT2D eigenvalue weighted by molar-refractivity contribution is -0.310. The molecule has 1 aromatic rings. The Morgan fingerprint density at radius 2 is 1.96 bits per heavy atom. The van der Waals surface area contributed by atoms with Crippen molar-refractivity contribution in [3.05, 3.63) is 53.0 Å². The molecule has 1 aliphatic carbocycles. The number of imide groups is 1. The van der Waals surface area contributed by atoms with Gasteiger partial charge < -0.3 is 9.90 Å². The molecule has 0 bridgehead atoms. The first kappa shape index (κ1) is 17.9. The van der Waals surface area contributed by atoms with Crippen molar-refractivity contribution in [2.24, 2.45) is 5.92 Å². The molecule has 0 N–H and O–H groups in total. The smallest absolute Gasteiger partial charge is 0.247 e. The molecule has 3 unspecified atom stereocenters. The van der Waals surface area contributed by atoms with E-state index in [-0.39, 0.29) is 18.2 Å². The Morgan fingerprint density at radius 3 is 2.60 bits per heavy atom. The van der Waals surface area contributed by atoms with Gasteiger partial charge >= 0.3 is 0 Å². The molecule has 1 aliphatic heterocycles. The summed E-state index contributed by atoms with van der Waals surface area (Å²) in [5.41, 5.74) is 0.516. The summed E-state index contributed by atoms with van der Waals surface area (Å²) in [6, 6.07) is 6.92. The Bertz CT molecular complexity index is 789. The SMILES string of the molecule is CC1(SC2CC(=O)N(c3ccc(Br)cc3)C2=O)C=CC=CC1C(=O)[O-]. The number of rotatable bonds is 4. The van der Waals surface area contributed by atoms with E-state index in [4.69, 9.17) is 0 Å². The molecule has 130 valence electrons. The van der Waals surface area contributed by atoms with Crippen LogP contribution in [0.5, 0.6) is 0 Å². The Morgan fingerprint density at radius 1 is 1.28 bits per heavy atom. The number of carboxylic acids is 1. The molecule has 7 heteroatoms. The molecule has 0 spiro atoms. The molecular weight excluding hydrogens is 406 g/mol. The molecule has 3 atom stereocenters. The van der Waals surface area contributed by atoms with E-state index in [2.05, 4.69) is 15.9 Å². The number of carbonyl (C=O) groups is 3. The van der Waals surface area contributed by atoms with Crippen LogP contribution in [0.1, 0.15) is 13.3 Å². The number of allylic oxidation sites excluding steroid dienone is 2. The monoisotopic (exact) mass is 420 g/mol. The van der Waals surface area contributed by atoms with E-state index in [1.807, 2.05) is 0 Å². The van der Waals surface area contributed by atoms with Gasteiger partial charge in [-0.1, -0.05) is 40.2 Å². The van der Waals surface area contributed by atoms with Crippen LogP contribution in [0.15, 0.2) is 53.0 Å². The number of hydrogen-bond donors (Lipinski definition) is 0. The number of carbonyl (C=O) groups excluding carboxylic acids is 3. The van der Waals surface area contributed by atoms with Gasteiger partial charge in [0.15, 0.2) is 0 Å². The number of nitrogens with zero attached hydrogens (tertiary/aromatic N) is 1. The van der Waals surface area contributed by atoms with Crippen LogP contribution >= 0.6 is 27.7 Å². The number of aliphatic carboxylic acids is 1. The van der Waals surface area contributed by atoms with Crippen molar-refractivity contribution in [3.63, 3.8) is 0 Å². The van der Waals surface area contributed by atoms with Crippen LogP contribution in [0.2, 0.25) is 0 Å². The van der Waals surface area contributed by atoms with E-state index in [0.29, 0.717) is 5.69 Å². The van der Waals surface area contributed by atoms with Crippen LogP contribution in [-0.2, 0) is 14.4 Å². The maximum Gasteiger partial charge on any atom is 0.247 e. The van der Waals surface area contributed by atoms with Crippen molar-refractivity contribution in [2.45, 2.75) is 23.3 Å². The maximum absolute atomic E-state index is 12.8. The van der Waals surface area contributed by atoms with Crippen LogP contribution in [0.4, 0.5) is 5.69 Å². The summed E-state index contributed by atoms with van der Waals surface area (Å²) in [5, 5.41) is 10.8. The fourth-order valence-corrected chi connectivity index (χ4v) is 4.79. The quantitative estimate of drug-likeness (QED) is 0.696. The summed E-state index contributed by atoms with van der Waals surface area (Å²) < 4.78 is 0.00825. The van der Waals surface area contributed by atoms with Crippen molar-refractivity contribution in [1.29, 1.82) is 0 Å². The predicted molar refractivity (Wildman–Crippen MR) is 97.8 cm³/mol. The average Bonchev–Trinajstić information content (AvgIpc) is 2.82. The van der Waals surface area contributed by atoms with Gasteiger partial charge in [0, 0.05) is 27.5 Å². The lowest BCUT2D eigenvalue weighted by Crippen LogP contribution is -2.44. The molecular formula is C18H15BrNO4S-. The first-order valence-electron chi connectivity index (χ1n) is 7.69. The molecule has 1 aromatic carbocycles. The highest BCUT2D eigenvalue weighted by molar-refractivity contribution is 9.10. The molecule has 2 amide bonds. The lowest BCUT2D eigenvalue weighted by atomic mass is 9.89. The highest BCUT2D eigenvalue weighted by atomic mass is 79.9. The number of thioether (sulfide) groups is 1. The molecule has 0 radical (unpaired) electrons. The summed E-state index contributed by atoms with van der Waals surface area (Å²) in [6.07, 6.45) is 6.75. The van der Waals surface area contributed by atoms with Crippen LogP contribution in [0.25, 0.3) is 0 Å². The van der Waals surface area contributed by atoms with E-state index in [1.54, 1.807) is 55.5 Å². The third-order valence-electron chi connectivity index (χ3n) is 4.30. The lowest BCUT2D eigenvalue weighted by Gasteiger charge is -2.36. The minimum Gasteiger partial charge on any atom is -0.549 e. The van der Waals surface area contributed by atoms with Gasteiger partial charge in [0.25, 0.3) is 0 Å². The third kappa shape index (κ3) is 3.43. The number of anilines is 1. The van der Waals surface area contributed by atoms with Gasteiger partial charge in [-0.25, -0.2) is 4.90 Å². The van der Waals surface area contributed by atoms with Crippen molar-refractivity contribution in [1.82, 2.24) is 0 Å². The largest absolute Gasteiger partial charge is 0.549 e. The Balaban J connectivity index is 1.82. The Kier molecular flexibility index (Phi) is 4.88. The molecule has 2 aliphatic rings. The number of amides is 2. The van der Waals surface area contributed by atoms with E-state index < -0.39 is 21.9 Å². The highest BCUT2D eigenvalue weighted by Crippen LogP contribution is 2.43. The van der Waals surface area contributed by atoms with Crippen molar-refractivity contribution >= 4 is 51.2 Å². The minimum absolute atomic E-state index is 0.0481. The number of benzene rings is 1. The van der Waals surface area contributed by atoms with Gasteiger partial charge in [-0.2, -0.15) is 0 Å². The summed E-state index contributed by atoms with van der Waals surface area (Å²) in [4.78, 5) is 37.7. The maximum atomic E-state index is 12.8. The predicted octanol–water partition coefficient (Wildman–Crippen LogP) is 2.06.